The normalized spacial score (nSPS) is 11.5. The molecule has 0 amide bonds. The molecule has 0 rings (SSSR count). The maximum Gasteiger partial charge on any atom is 0.0589 e. The molecule has 0 atom stereocenters. The molecule has 0 heterocycles. The lowest BCUT2D eigenvalue weighted by Crippen LogP contribution is -2.33. The number of hydrogen-bond acceptors (Lipinski definition) is 9. The topological polar surface area (TPSA) is 47.1 Å². The van der Waals surface area contributed by atoms with Crippen LogP contribution >= 0.6 is 0 Å². The van der Waals surface area contributed by atoms with Crippen molar-refractivity contribution in [1.29, 1.82) is 0 Å². The van der Waals surface area contributed by atoms with Gasteiger partial charge in [0.25, 0.3) is 0 Å². The van der Waals surface area contributed by atoms with Crippen LogP contribution in [-0.4, -0.2) is 193 Å². The summed E-state index contributed by atoms with van der Waals surface area (Å²) in [4.78, 5) is 13.4. The maximum absolute atomic E-state index is 5.01. The van der Waals surface area contributed by atoms with Gasteiger partial charge in [-0.05, 0) is 63.4 Å². The molecule has 0 radical (unpaired) electrons. The Morgan fingerprint density at radius 2 is 0.606 bits per heavy atom. The van der Waals surface area contributed by atoms with Gasteiger partial charge in [-0.15, -0.1) is 0 Å². The van der Waals surface area contributed by atoms with Gasteiger partial charge in [0.05, 0.1) is 19.8 Å². The third-order valence-electron chi connectivity index (χ3n) is 4.69. The van der Waals surface area contributed by atoms with Crippen LogP contribution in [0, 0.1) is 0 Å². The molecule has 0 bridgehead atoms. The first-order chi connectivity index (χ1) is 15.5. The Hall–Kier alpha value is -0.360. The van der Waals surface area contributed by atoms with Crippen LogP contribution in [0.15, 0.2) is 0 Å². The maximum atomic E-state index is 5.01. The summed E-state index contributed by atoms with van der Waals surface area (Å²) in [6, 6.07) is 0. The summed E-state index contributed by atoms with van der Waals surface area (Å²) >= 11 is 0. The molecule has 0 saturated heterocycles. The Morgan fingerprint density at radius 3 is 0.818 bits per heavy atom. The standard InChI is InChI=1S/C9H23N3.C9H21NO3.C6H16N2/c1-10(2)6-8-12(5)9-7-11(3)4;1-11-7-4-10(5-8-12-2)6-9-13-3;1-7(2)5-6-8(3)4/h6-9H2,1-5H3;4-9H2,1-3H3;5-6H2,1-4H3. The van der Waals surface area contributed by atoms with Gasteiger partial charge in [-0.1, -0.05) is 0 Å². The molecule has 0 aliphatic rings. The van der Waals surface area contributed by atoms with E-state index in [1.165, 1.54) is 0 Å². The molecule has 0 aromatic heterocycles. The van der Waals surface area contributed by atoms with E-state index < -0.39 is 0 Å². The van der Waals surface area contributed by atoms with E-state index in [1.54, 1.807) is 21.3 Å². The minimum atomic E-state index is 0.757. The van der Waals surface area contributed by atoms with Gasteiger partial charge in [0.2, 0.25) is 0 Å². The van der Waals surface area contributed by atoms with Crippen LogP contribution in [0.1, 0.15) is 0 Å². The van der Waals surface area contributed by atoms with E-state index in [9.17, 15) is 0 Å². The van der Waals surface area contributed by atoms with Gasteiger partial charge in [0.15, 0.2) is 0 Å². The molecule has 9 nitrogen and oxygen atoms in total. The second-order valence-corrected chi connectivity index (χ2v) is 9.34. The zero-order valence-corrected chi connectivity index (χ0v) is 24.4. The van der Waals surface area contributed by atoms with Gasteiger partial charge >= 0.3 is 0 Å². The van der Waals surface area contributed by atoms with Crippen molar-refractivity contribution in [2.75, 3.05) is 163 Å². The molecule has 9 heteroatoms. The van der Waals surface area contributed by atoms with Crippen LogP contribution in [0.2, 0.25) is 0 Å². The molecule has 0 fully saturated rings. The fourth-order valence-corrected chi connectivity index (χ4v) is 2.25. The molecule has 0 saturated carbocycles. The van der Waals surface area contributed by atoms with Crippen LogP contribution in [0.4, 0.5) is 0 Å². The highest BCUT2D eigenvalue weighted by Crippen LogP contribution is 1.89. The Bertz CT molecular complexity index is 322. The van der Waals surface area contributed by atoms with E-state index in [2.05, 4.69) is 92.8 Å². The molecular weight excluding hydrogens is 420 g/mol. The number of rotatable bonds is 18. The van der Waals surface area contributed by atoms with E-state index in [1.807, 2.05) is 0 Å². The molecule has 0 aliphatic heterocycles. The molecule has 0 unspecified atom stereocenters. The molecule has 0 aliphatic carbocycles. The van der Waals surface area contributed by atoms with Gasteiger partial charge in [-0.25, -0.2) is 0 Å². The van der Waals surface area contributed by atoms with Crippen LogP contribution in [0.3, 0.4) is 0 Å². The third kappa shape index (κ3) is 39.2. The van der Waals surface area contributed by atoms with Crippen molar-refractivity contribution < 1.29 is 14.2 Å². The number of methoxy groups -OCH3 is 3. The van der Waals surface area contributed by atoms with Crippen LogP contribution in [0.5, 0.6) is 0 Å². The fourth-order valence-electron chi connectivity index (χ4n) is 2.25. The molecular formula is C24H60N6O3. The summed E-state index contributed by atoms with van der Waals surface area (Å²) in [5.41, 5.74) is 0. The van der Waals surface area contributed by atoms with Crippen molar-refractivity contribution in [3.05, 3.63) is 0 Å². The Balaban J connectivity index is -0.000000421. The summed E-state index contributed by atoms with van der Waals surface area (Å²) in [6.45, 7) is 12.0. The number of hydrogen-bond donors (Lipinski definition) is 0. The smallest absolute Gasteiger partial charge is 0.0589 e. The van der Waals surface area contributed by atoms with Crippen molar-refractivity contribution in [1.82, 2.24) is 29.4 Å². The van der Waals surface area contributed by atoms with E-state index >= 15 is 0 Å². The highest BCUT2D eigenvalue weighted by molar-refractivity contribution is 4.56. The minimum absolute atomic E-state index is 0.757. The Kier molecular flexibility index (Phi) is 31.4. The minimum Gasteiger partial charge on any atom is -0.383 e. The van der Waals surface area contributed by atoms with Crippen LogP contribution in [0.25, 0.3) is 0 Å². The number of nitrogens with zero attached hydrogens (tertiary/aromatic N) is 6. The fraction of sp³-hybridized carbons (Fsp3) is 1.00. The van der Waals surface area contributed by atoms with Crippen molar-refractivity contribution in [3.8, 4) is 0 Å². The van der Waals surface area contributed by atoms with Gasteiger partial charge < -0.3 is 38.7 Å². The largest absolute Gasteiger partial charge is 0.383 e. The van der Waals surface area contributed by atoms with E-state index in [0.717, 1.165) is 78.7 Å². The summed E-state index contributed by atoms with van der Waals surface area (Å²) in [5, 5.41) is 0. The van der Waals surface area contributed by atoms with Crippen molar-refractivity contribution in [3.63, 3.8) is 0 Å². The van der Waals surface area contributed by atoms with Gasteiger partial charge in [-0.2, -0.15) is 0 Å². The molecule has 204 valence electrons. The molecule has 33 heavy (non-hydrogen) atoms. The first kappa shape index (κ1) is 37.2. The highest BCUT2D eigenvalue weighted by Gasteiger charge is 2.03. The summed E-state index contributed by atoms with van der Waals surface area (Å²) in [5.74, 6) is 0. The predicted molar refractivity (Wildman–Crippen MR) is 144 cm³/mol. The van der Waals surface area contributed by atoms with E-state index in [0.29, 0.717) is 0 Å². The number of likely N-dealkylation sites (N-methyl/N-ethyl adjacent to an activating group) is 5. The zero-order valence-electron chi connectivity index (χ0n) is 24.4. The SMILES string of the molecule is CN(C)CCN(C)C.CN(C)CCN(C)CCN(C)C.COCCN(CCOC)CCOC. The lowest BCUT2D eigenvalue weighted by molar-refractivity contribution is 0.0899. The monoisotopic (exact) mass is 480 g/mol. The Labute approximate surface area is 207 Å². The summed E-state index contributed by atoms with van der Waals surface area (Å²) in [6.07, 6.45) is 0. The lowest BCUT2D eigenvalue weighted by atomic mass is 10.4. The van der Waals surface area contributed by atoms with Crippen molar-refractivity contribution in [2.24, 2.45) is 0 Å². The first-order valence-electron chi connectivity index (χ1n) is 12.0. The molecule has 0 N–H and O–H groups in total. The average Bonchev–Trinajstić information content (AvgIpc) is 2.75. The summed E-state index contributed by atoms with van der Waals surface area (Å²) < 4.78 is 15.0. The predicted octanol–water partition coefficient (Wildman–Crippen LogP) is 0.379. The third-order valence-corrected chi connectivity index (χ3v) is 4.69. The quantitative estimate of drug-likeness (QED) is 0.277. The van der Waals surface area contributed by atoms with Crippen molar-refractivity contribution >= 4 is 0 Å². The van der Waals surface area contributed by atoms with E-state index in [-0.39, 0.29) is 0 Å². The van der Waals surface area contributed by atoms with Gasteiger partial charge in [-0.3, -0.25) is 4.90 Å². The lowest BCUT2D eigenvalue weighted by Gasteiger charge is -2.20. The summed E-state index contributed by atoms with van der Waals surface area (Å²) in [7, 11) is 24.1. The second kappa shape index (κ2) is 27.9. The van der Waals surface area contributed by atoms with E-state index in [4.69, 9.17) is 14.2 Å². The molecule has 0 aromatic rings. The Morgan fingerprint density at radius 1 is 0.364 bits per heavy atom. The highest BCUT2D eigenvalue weighted by atomic mass is 16.5. The number of ether oxygens (including phenoxy) is 3. The average molecular weight is 481 g/mol. The van der Waals surface area contributed by atoms with Crippen LogP contribution in [-0.2, 0) is 14.2 Å². The molecule has 0 spiro atoms. The van der Waals surface area contributed by atoms with Gasteiger partial charge in [0.1, 0.15) is 0 Å². The second-order valence-electron chi connectivity index (χ2n) is 9.34. The van der Waals surface area contributed by atoms with Crippen molar-refractivity contribution in [2.45, 2.75) is 0 Å². The first-order valence-corrected chi connectivity index (χ1v) is 12.0. The molecule has 0 aromatic carbocycles. The van der Waals surface area contributed by atoms with Crippen LogP contribution < -0.4 is 0 Å². The zero-order chi connectivity index (χ0) is 26.1. The van der Waals surface area contributed by atoms with Gasteiger partial charge in [0, 0.05) is 80.2 Å².